The van der Waals surface area contributed by atoms with Gasteiger partial charge in [-0.1, -0.05) is 37.6 Å². The van der Waals surface area contributed by atoms with Crippen molar-refractivity contribution in [1.82, 2.24) is 0 Å². The summed E-state index contributed by atoms with van der Waals surface area (Å²) in [7, 11) is 0. The first-order chi connectivity index (χ1) is 11.9. The van der Waals surface area contributed by atoms with Crippen LogP contribution in [-0.4, -0.2) is 25.1 Å². The monoisotopic (exact) mass is 341 g/mol. The summed E-state index contributed by atoms with van der Waals surface area (Å²) in [6.45, 7) is 6.28. The number of carbonyl (C=O) groups excluding carboxylic acids is 2. The predicted molar refractivity (Wildman–Crippen MR) is 96.9 cm³/mol. The molecule has 0 fully saturated rings. The van der Waals surface area contributed by atoms with Gasteiger partial charge in [0.1, 0.15) is 5.75 Å². The summed E-state index contributed by atoms with van der Waals surface area (Å²) in [5.74, 6) is 0.0480. The first-order valence-corrected chi connectivity index (χ1v) is 8.20. The highest BCUT2D eigenvalue weighted by Crippen LogP contribution is 2.15. The van der Waals surface area contributed by atoms with Crippen molar-refractivity contribution < 1.29 is 19.1 Å². The fourth-order valence-corrected chi connectivity index (χ4v) is 2.02. The van der Waals surface area contributed by atoms with Gasteiger partial charge in [-0.3, -0.25) is 4.79 Å². The summed E-state index contributed by atoms with van der Waals surface area (Å²) in [5.41, 5.74) is 2.11. The molecule has 0 unspecified atom stereocenters. The van der Waals surface area contributed by atoms with Crippen LogP contribution in [0.5, 0.6) is 5.75 Å². The molecule has 0 saturated heterocycles. The molecule has 1 N–H and O–H groups in total. The van der Waals surface area contributed by atoms with Gasteiger partial charge in [0.25, 0.3) is 5.91 Å². The Balaban J connectivity index is 1.86. The lowest BCUT2D eigenvalue weighted by Gasteiger charge is -2.10. The van der Waals surface area contributed by atoms with Crippen LogP contribution in [0, 0.1) is 12.8 Å². The second kappa shape index (κ2) is 8.87. The van der Waals surface area contributed by atoms with Crippen molar-refractivity contribution in [2.75, 3.05) is 18.5 Å². The number of nitrogens with one attached hydrogen (secondary N) is 1. The zero-order valence-electron chi connectivity index (χ0n) is 14.7. The lowest BCUT2D eigenvalue weighted by atomic mass is 10.2. The summed E-state index contributed by atoms with van der Waals surface area (Å²) in [4.78, 5) is 23.9. The maximum absolute atomic E-state index is 12.1. The molecule has 1 amide bonds. The van der Waals surface area contributed by atoms with E-state index in [1.807, 2.05) is 32.9 Å². The van der Waals surface area contributed by atoms with Crippen molar-refractivity contribution in [1.29, 1.82) is 0 Å². The van der Waals surface area contributed by atoms with Gasteiger partial charge in [-0.05, 0) is 43.2 Å². The topological polar surface area (TPSA) is 64.6 Å². The maximum atomic E-state index is 12.1. The lowest BCUT2D eigenvalue weighted by molar-refractivity contribution is -0.119. The van der Waals surface area contributed by atoms with E-state index in [9.17, 15) is 9.59 Å². The fourth-order valence-electron chi connectivity index (χ4n) is 2.02. The fraction of sp³-hybridized carbons (Fsp3) is 0.300. The molecule has 0 saturated carbocycles. The Morgan fingerprint density at radius 2 is 1.80 bits per heavy atom. The van der Waals surface area contributed by atoms with Gasteiger partial charge in [0.05, 0.1) is 12.2 Å². The van der Waals surface area contributed by atoms with Crippen LogP contribution in [-0.2, 0) is 9.53 Å². The minimum atomic E-state index is -0.561. The van der Waals surface area contributed by atoms with Crippen molar-refractivity contribution in [3.63, 3.8) is 0 Å². The van der Waals surface area contributed by atoms with Crippen LogP contribution in [0.1, 0.15) is 29.8 Å². The average Bonchev–Trinajstić information content (AvgIpc) is 2.60. The van der Waals surface area contributed by atoms with Crippen LogP contribution < -0.4 is 10.1 Å². The summed E-state index contributed by atoms with van der Waals surface area (Å²) in [6.07, 6.45) is 0. The standard InChI is InChI=1S/C20H23NO4/c1-14(2)12-24-18-6-4-5-16(11-18)20(23)25-13-19(22)21-17-9-7-15(3)8-10-17/h4-11,14H,12-13H2,1-3H3,(H,21,22). The quantitative estimate of drug-likeness (QED) is 0.778. The average molecular weight is 341 g/mol. The molecule has 2 aromatic rings. The number of benzene rings is 2. The van der Waals surface area contributed by atoms with E-state index < -0.39 is 5.97 Å². The van der Waals surface area contributed by atoms with Crippen molar-refractivity contribution >= 4 is 17.6 Å². The second-order valence-corrected chi connectivity index (χ2v) is 6.22. The van der Waals surface area contributed by atoms with E-state index in [4.69, 9.17) is 9.47 Å². The normalized spacial score (nSPS) is 10.4. The molecule has 2 aromatic carbocycles. The summed E-state index contributed by atoms with van der Waals surface area (Å²) >= 11 is 0. The third-order valence-electron chi connectivity index (χ3n) is 3.32. The van der Waals surface area contributed by atoms with Crippen LogP contribution in [0.2, 0.25) is 0 Å². The molecule has 5 heteroatoms. The van der Waals surface area contributed by atoms with E-state index in [0.29, 0.717) is 29.5 Å². The van der Waals surface area contributed by atoms with Gasteiger partial charge in [0, 0.05) is 5.69 Å². The Morgan fingerprint density at radius 3 is 2.48 bits per heavy atom. The third-order valence-corrected chi connectivity index (χ3v) is 3.32. The zero-order chi connectivity index (χ0) is 18.2. The molecule has 0 radical (unpaired) electrons. The van der Waals surface area contributed by atoms with Crippen LogP contribution >= 0.6 is 0 Å². The number of carbonyl (C=O) groups is 2. The molecule has 2 rings (SSSR count). The Bertz CT molecular complexity index is 723. The number of ether oxygens (including phenoxy) is 2. The van der Waals surface area contributed by atoms with Crippen LogP contribution in [0.15, 0.2) is 48.5 Å². The van der Waals surface area contributed by atoms with Crippen molar-refractivity contribution in [2.24, 2.45) is 5.92 Å². The number of hydrogen-bond acceptors (Lipinski definition) is 4. The molecule has 0 aliphatic heterocycles. The van der Waals surface area contributed by atoms with E-state index in [2.05, 4.69) is 5.32 Å². The summed E-state index contributed by atoms with van der Waals surface area (Å²) in [5, 5.41) is 2.68. The van der Waals surface area contributed by atoms with Crippen molar-refractivity contribution in [3.05, 3.63) is 59.7 Å². The molecule has 0 atom stereocenters. The number of anilines is 1. The Kier molecular flexibility index (Phi) is 6.57. The molecule has 0 heterocycles. The van der Waals surface area contributed by atoms with Crippen LogP contribution in [0.4, 0.5) is 5.69 Å². The molecule has 0 aliphatic carbocycles. The number of amides is 1. The highest BCUT2D eigenvalue weighted by atomic mass is 16.5. The highest BCUT2D eigenvalue weighted by molar-refractivity contribution is 5.95. The molecule has 0 aliphatic rings. The van der Waals surface area contributed by atoms with Crippen molar-refractivity contribution in [3.8, 4) is 5.75 Å². The number of hydrogen-bond donors (Lipinski definition) is 1. The van der Waals surface area contributed by atoms with E-state index in [-0.39, 0.29) is 12.5 Å². The minimum Gasteiger partial charge on any atom is -0.493 e. The molecular formula is C20H23NO4. The first kappa shape index (κ1) is 18.5. The lowest BCUT2D eigenvalue weighted by Crippen LogP contribution is -2.20. The minimum absolute atomic E-state index is 0.343. The van der Waals surface area contributed by atoms with E-state index in [1.54, 1.807) is 36.4 Å². The molecule has 5 nitrogen and oxygen atoms in total. The molecular weight excluding hydrogens is 318 g/mol. The second-order valence-electron chi connectivity index (χ2n) is 6.22. The van der Waals surface area contributed by atoms with Crippen LogP contribution in [0.25, 0.3) is 0 Å². The van der Waals surface area contributed by atoms with E-state index in [1.165, 1.54) is 0 Å². The van der Waals surface area contributed by atoms with Gasteiger partial charge in [-0.2, -0.15) is 0 Å². The number of esters is 1. The van der Waals surface area contributed by atoms with Gasteiger partial charge in [-0.25, -0.2) is 4.79 Å². The molecule has 0 spiro atoms. The largest absolute Gasteiger partial charge is 0.493 e. The molecule has 132 valence electrons. The zero-order valence-corrected chi connectivity index (χ0v) is 14.7. The Hall–Kier alpha value is -2.82. The molecule has 0 aromatic heterocycles. The van der Waals surface area contributed by atoms with E-state index in [0.717, 1.165) is 5.56 Å². The smallest absolute Gasteiger partial charge is 0.338 e. The summed E-state index contributed by atoms with van der Waals surface area (Å²) < 4.78 is 10.6. The first-order valence-electron chi connectivity index (χ1n) is 8.20. The molecule has 0 bridgehead atoms. The summed E-state index contributed by atoms with van der Waals surface area (Å²) in [6, 6.07) is 14.1. The van der Waals surface area contributed by atoms with Gasteiger partial charge in [0.2, 0.25) is 0 Å². The maximum Gasteiger partial charge on any atom is 0.338 e. The highest BCUT2D eigenvalue weighted by Gasteiger charge is 2.11. The number of rotatable bonds is 7. The SMILES string of the molecule is Cc1ccc(NC(=O)COC(=O)c2cccc(OCC(C)C)c2)cc1. The Morgan fingerprint density at radius 1 is 1.08 bits per heavy atom. The predicted octanol–water partition coefficient (Wildman–Crippen LogP) is 3.83. The van der Waals surface area contributed by atoms with Gasteiger partial charge >= 0.3 is 5.97 Å². The number of aryl methyl sites for hydroxylation is 1. The Labute approximate surface area is 148 Å². The van der Waals surface area contributed by atoms with Gasteiger partial charge in [-0.15, -0.1) is 0 Å². The third kappa shape index (κ3) is 6.30. The van der Waals surface area contributed by atoms with Crippen molar-refractivity contribution in [2.45, 2.75) is 20.8 Å². The van der Waals surface area contributed by atoms with Crippen LogP contribution in [0.3, 0.4) is 0 Å². The van der Waals surface area contributed by atoms with E-state index >= 15 is 0 Å². The van der Waals surface area contributed by atoms with Gasteiger partial charge < -0.3 is 14.8 Å². The van der Waals surface area contributed by atoms with Gasteiger partial charge in [0.15, 0.2) is 6.61 Å². The molecule has 25 heavy (non-hydrogen) atoms.